The number of ether oxygens (including phenoxy) is 5. The average Bonchev–Trinajstić information content (AvgIpc) is 3.50. The second-order valence-corrected chi connectivity index (χ2v) is 13.1. The summed E-state index contributed by atoms with van der Waals surface area (Å²) in [5, 5.41) is 21.4. The summed E-state index contributed by atoms with van der Waals surface area (Å²) in [6, 6.07) is 8.18. The van der Waals surface area contributed by atoms with Crippen molar-refractivity contribution in [3.8, 4) is 16.6 Å². The van der Waals surface area contributed by atoms with Crippen LogP contribution in [0.15, 0.2) is 29.6 Å². The van der Waals surface area contributed by atoms with Gasteiger partial charge in [-0.2, -0.15) is 0 Å². The highest BCUT2D eigenvalue weighted by molar-refractivity contribution is 7.11. The highest BCUT2D eigenvalue weighted by atomic mass is 32.1. The Morgan fingerprint density at radius 3 is 2.47 bits per heavy atom. The molecule has 2 heterocycles. The molecular weight excluding hydrogens is 504 g/mol. The van der Waals surface area contributed by atoms with Crippen molar-refractivity contribution in [2.75, 3.05) is 39.6 Å². The van der Waals surface area contributed by atoms with Gasteiger partial charge in [-0.25, -0.2) is 0 Å². The Balaban J connectivity index is 1.95. The van der Waals surface area contributed by atoms with Crippen LogP contribution in [0, 0.1) is 5.41 Å². The summed E-state index contributed by atoms with van der Waals surface area (Å²) in [5.41, 5.74) is 1.59. The zero-order valence-corrected chi connectivity index (χ0v) is 24.7. The molecule has 1 aromatic heterocycles. The van der Waals surface area contributed by atoms with Gasteiger partial charge in [0.25, 0.3) is 0 Å². The highest BCUT2D eigenvalue weighted by Gasteiger charge is 2.37. The van der Waals surface area contributed by atoms with E-state index in [0.29, 0.717) is 37.9 Å². The smallest absolute Gasteiger partial charge is 0.174 e. The van der Waals surface area contributed by atoms with Crippen molar-refractivity contribution in [1.29, 1.82) is 0 Å². The maximum absolute atomic E-state index is 9.55. The molecule has 214 valence electrons. The zero-order valence-electron chi connectivity index (χ0n) is 23.9. The summed E-state index contributed by atoms with van der Waals surface area (Å²) in [4.78, 5) is 0. The van der Waals surface area contributed by atoms with E-state index in [-0.39, 0.29) is 36.8 Å². The maximum Gasteiger partial charge on any atom is 0.174 e. The first-order valence-corrected chi connectivity index (χ1v) is 14.4. The van der Waals surface area contributed by atoms with Crippen molar-refractivity contribution >= 4 is 11.3 Å². The van der Waals surface area contributed by atoms with E-state index in [1.165, 1.54) is 0 Å². The molecule has 0 bridgehead atoms. The summed E-state index contributed by atoms with van der Waals surface area (Å²) in [5.74, 6) is 1.28. The molecule has 3 rings (SSSR count). The standard InChI is InChI=1S/C30H46O7S/c1-28(2,3)20-29(4,5)23-16-22(19-35-26-8-7-15-38-26)27(34-14-13-33-12-11-31)25(17-23)36-21-30(6)10-9-24(18-32)37-30/h7-8,15-17,24,31-32H,9-14,18-21H2,1-6H3. The highest BCUT2D eigenvalue weighted by Crippen LogP contribution is 2.43. The van der Waals surface area contributed by atoms with Gasteiger partial charge in [0.15, 0.2) is 16.6 Å². The molecule has 2 N–H and O–H groups in total. The van der Waals surface area contributed by atoms with Crippen molar-refractivity contribution in [1.82, 2.24) is 0 Å². The molecule has 8 heteroatoms. The van der Waals surface area contributed by atoms with E-state index in [4.69, 9.17) is 28.8 Å². The molecule has 2 atom stereocenters. The first kappa shape index (κ1) is 30.7. The van der Waals surface area contributed by atoms with Crippen molar-refractivity contribution in [2.45, 2.75) is 84.5 Å². The molecule has 2 unspecified atom stereocenters. The lowest BCUT2D eigenvalue weighted by atomic mass is 9.72. The van der Waals surface area contributed by atoms with Crippen LogP contribution in [0.5, 0.6) is 16.6 Å². The summed E-state index contributed by atoms with van der Waals surface area (Å²) in [6.45, 7) is 14.9. The van der Waals surface area contributed by atoms with E-state index in [1.807, 2.05) is 24.4 Å². The largest absolute Gasteiger partial charge is 0.487 e. The molecule has 0 saturated carbocycles. The molecule has 1 aromatic carbocycles. The molecule has 38 heavy (non-hydrogen) atoms. The number of benzene rings is 1. The van der Waals surface area contributed by atoms with Gasteiger partial charge in [0.2, 0.25) is 0 Å². The third kappa shape index (κ3) is 9.12. The van der Waals surface area contributed by atoms with Crippen LogP contribution in [0.2, 0.25) is 0 Å². The average molecular weight is 551 g/mol. The number of hydrogen-bond donors (Lipinski definition) is 2. The van der Waals surface area contributed by atoms with Crippen LogP contribution in [0.25, 0.3) is 0 Å². The Bertz CT molecular complexity index is 983. The fourth-order valence-corrected chi connectivity index (χ4v) is 5.75. The third-order valence-corrected chi connectivity index (χ3v) is 7.42. The van der Waals surface area contributed by atoms with Crippen LogP contribution in [0.3, 0.4) is 0 Å². The molecule has 1 aliphatic rings. The summed E-state index contributed by atoms with van der Waals surface area (Å²) < 4.78 is 30.4. The minimum absolute atomic E-state index is 0.0124. The first-order chi connectivity index (χ1) is 17.9. The quantitative estimate of drug-likeness (QED) is 0.274. The molecule has 1 saturated heterocycles. The molecule has 7 nitrogen and oxygen atoms in total. The molecular formula is C30H46O7S. The van der Waals surface area contributed by atoms with Gasteiger partial charge in [0.1, 0.15) is 19.8 Å². The van der Waals surface area contributed by atoms with Crippen molar-refractivity contribution in [2.24, 2.45) is 5.41 Å². The van der Waals surface area contributed by atoms with E-state index in [1.54, 1.807) is 11.3 Å². The predicted octanol–water partition coefficient (Wildman–Crippen LogP) is 5.74. The van der Waals surface area contributed by atoms with Crippen LogP contribution < -0.4 is 14.2 Å². The Hall–Kier alpha value is -1.84. The first-order valence-electron chi connectivity index (χ1n) is 13.5. The summed E-state index contributed by atoms with van der Waals surface area (Å²) >= 11 is 1.55. The fourth-order valence-electron chi connectivity index (χ4n) is 5.17. The van der Waals surface area contributed by atoms with Crippen LogP contribution in [-0.4, -0.2) is 61.6 Å². The third-order valence-electron chi connectivity index (χ3n) is 6.64. The number of aliphatic hydroxyl groups excluding tert-OH is 2. The van der Waals surface area contributed by atoms with E-state index in [0.717, 1.165) is 35.5 Å². The summed E-state index contributed by atoms with van der Waals surface area (Å²) in [7, 11) is 0. The Morgan fingerprint density at radius 1 is 1.05 bits per heavy atom. The molecule has 0 amide bonds. The lowest BCUT2D eigenvalue weighted by Gasteiger charge is -2.34. The second kappa shape index (κ2) is 13.5. The van der Waals surface area contributed by atoms with E-state index in [2.05, 4.69) is 46.8 Å². The van der Waals surface area contributed by atoms with Crippen molar-refractivity contribution in [3.05, 3.63) is 40.8 Å². The Morgan fingerprint density at radius 2 is 1.84 bits per heavy atom. The van der Waals surface area contributed by atoms with Crippen molar-refractivity contribution < 1.29 is 33.9 Å². The van der Waals surface area contributed by atoms with Gasteiger partial charge in [0, 0.05) is 5.56 Å². The van der Waals surface area contributed by atoms with E-state index < -0.39 is 5.60 Å². The van der Waals surface area contributed by atoms with Crippen LogP contribution in [0.1, 0.15) is 71.9 Å². The Kier molecular flexibility index (Phi) is 10.9. The van der Waals surface area contributed by atoms with E-state index >= 15 is 0 Å². The van der Waals surface area contributed by atoms with Gasteiger partial charge in [-0.15, -0.1) is 11.3 Å². The normalized spacial score (nSPS) is 20.1. The van der Waals surface area contributed by atoms with Gasteiger partial charge in [0.05, 0.1) is 38.1 Å². The zero-order chi connectivity index (χ0) is 27.8. The lowest BCUT2D eigenvalue weighted by Crippen LogP contribution is -2.33. The molecule has 1 fully saturated rings. The summed E-state index contributed by atoms with van der Waals surface area (Å²) in [6.07, 6.45) is 2.45. The number of thiophene rings is 1. The molecule has 0 spiro atoms. The SMILES string of the molecule is CC(C)(C)CC(C)(C)c1cc(COc2cccs2)c(OCCOCCO)c(OCC2(C)CCC(CO)O2)c1. The number of rotatable bonds is 15. The maximum atomic E-state index is 9.55. The fraction of sp³-hybridized carbons (Fsp3) is 0.667. The minimum atomic E-state index is -0.487. The molecule has 1 aliphatic heterocycles. The lowest BCUT2D eigenvalue weighted by molar-refractivity contribution is -0.0697. The number of hydrogen-bond acceptors (Lipinski definition) is 8. The van der Waals surface area contributed by atoms with Crippen molar-refractivity contribution in [3.63, 3.8) is 0 Å². The van der Waals surface area contributed by atoms with Crippen LogP contribution >= 0.6 is 11.3 Å². The van der Waals surface area contributed by atoms with Gasteiger partial charge in [-0.3, -0.25) is 0 Å². The minimum Gasteiger partial charge on any atom is -0.487 e. The van der Waals surface area contributed by atoms with Gasteiger partial charge < -0.3 is 33.9 Å². The number of aliphatic hydroxyl groups is 2. The van der Waals surface area contributed by atoms with Gasteiger partial charge >= 0.3 is 0 Å². The second-order valence-electron chi connectivity index (χ2n) is 12.2. The molecule has 2 aromatic rings. The predicted molar refractivity (Wildman–Crippen MR) is 151 cm³/mol. The molecule has 0 radical (unpaired) electrons. The van der Waals surface area contributed by atoms with Gasteiger partial charge in [-0.05, 0) is 72.2 Å². The van der Waals surface area contributed by atoms with E-state index in [9.17, 15) is 5.11 Å². The van der Waals surface area contributed by atoms with Crippen LogP contribution in [0.4, 0.5) is 0 Å². The Labute approximate surface area is 232 Å². The molecule has 0 aliphatic carbocycles. The van der Waals surface area contributed by atoms with Crippen LogP contribution in [-0.2, 0) is 21.5 Å². The topological polar surface area (TPSA) is 86.6 Å². The monoisotopic (exact) mass is 550 g/mol. The van der Waals surface area contributed by atoms with Gasteiger partial charge in [-0.1, -0.05) is 34.6 Å².